The molecule has 3 N–H and O–H groups in total. The van der Waals surface area contributed by atoms with Crippen LogP contribution in [0.3, 0.4) is 0 Å². The quantitative estimate of drug-likeness (QED) is 0.628. The summed E-state index contributed by atoms with van der Waals surface area (Å²) in [5.41, 5.74) is 5.18. The van der Waals surface area contributed by atoms with Crippen molar-refractivity contribution in [3.63, 3.8) is 0 Å². The van der Waals surface area contributed by atoms with Gasteiger partial charge in [0.05, 0.1) is 16.1 Å². The van der Waals surface area contributed by atoms with Gasteiger partial charge in [0.25, 0.3) is 5.91 Å². The summed E-state index contributed by atoms with van der Waals surface area (Å²) < 4.78 is 14.3. The highest BCUT2D eigenvalue weighted by molar-refractivity contribution is 9.10. The van der Waals surface area contributed by atoms with E-state index < -0.39 is 17.3 Å². The summed E-state index contributed by atoms with van der Waals surface area (Å²) in [4.78, 5) is 12.8. The molecule has 114 valence electrons. The minimum Gasteiger partial charge on any atom is -0.391 e. The highest BCUT2D eigenvalue weighted by Crippen LogP contribution is 2.29. The summed E-state index contributed by atoms with van der Waals surface area (Å²) in [5, 5.41) is 2.89. The molecule has 0 bridgehead atoms. The zero-order valence-electron chi connectivity index (χ0n) is 11.6. The van der Waals surface area contributed by atoms with Gasteiger partial charge in [-0.25, -0.2) is 4.39 Å². The number of nitrogens with one attached hydrogen (secondary N) is 1. The Hall–Kier alpha value is -1.01. The van der Waals surface area contributed by atoms with E-state index in [0.29, 0.717) is 17.3 Å². The lowest BCUT2D eigenvalue weighted by molar-refractivity contribution is 0.0912. The smallest absolute Gasteiger partial charge is 0.256 e. The van der Waals surface area contributed by atoms with E-state index in [4.69, 9.17) is 18.0 Å². The van der Waals surface area contributed by atoms with Crippen LogP contribution < -0.4 is 11.1 Å². The van der Waals surface area contributed by atoms with Crippen LogP contribution in [0.15, 0.2) is 22.7 Å². The second kappa shape index (κ2) is 6.83. The van der Waals surface area contributed by atoms with Crippen LogP contribution in [0.5, 0.6) is 0 Å². The lowest BCUT2D eigenvalue weighted by Gasteiger charge is -2.33. The summed E-state index contributed by atoms with van der Waals surface area (Å²) in [7, 11) is 0. The molecule has 0 radical (unpaired) electrons. The summed E-state index contributed by atoms with van der Waals surface area (Å²) >= 11 is 8.40. The van der Waals surface area contributed by atoms with Crippen LogP contribution in [0.2, 0.25) is 0 Å². The molecule has 1 saturated carbocycles. The molecule has 0 saturated heterocycles. The predicted molar refractivity (Wildman–Crippen MR) is 88.8 cm³/mol. The Morgan fingerprint density at radius 3 is 2.43 bits per heavy atom. The Labute approximate surface area is 137 Å². The Morgan fingerprint density at radius 1 is 1.29 bits per heavy atom. The molecule has 21 heavy (non-hydrogen) atoms. The van der Waals surface area contributed by atoms with Crippen molar-refractivity contribution in [2.45, 2.75) is 44.1 Å². The van der Waals surface area contributed by atoms with Crippen LogP contribution >= 0.6 is 28.1 Å². The highest BCUT2D eigenvalue weighted by atomic mass is 79.9. The van der Waals surface area contributed by atoms with Gasteiger partial charge in [-0.15, -0.1) is 0 Å². The van der Waals surface area contributed by atoms with E-state index in [0.717, 1.165) is 25.7 Å². The number of benzene rings is 1. The molecule has 0 heterocycles. The number of nitrogens with two attached hydrogens (primary N) is 1. The molecule has 3 nitrogen and oxygen atoms in total. The summed E-state index contributed by atoms with van der Waals surface area (Å²) in [6, 6.07) is 4.45. The Balaban J connectivity index is 2.28. The van der Waals surface area contributed by atoms with Gasteiger partial charge < -0.3 is 11.1 Å². The van der Waals surface area contributed by atoms with Crippen molar-refractivity contribution < 1.29 is 9.18 Å². The molecule has 1 aromatic carbocycles. The second-order valence-corrected chi connectivity index (χ2v) is 6.71. The van der Waals surface area contributed by atoms with E-state index in [-0.39, 0.29) is 10.6 Å². The van der Waals surface area contributed by atoms with Crippen LogP contribution in [0.4, 0.5) is 4.39 Å². The van der Waals surface area contributed by atoms with Gasteiger partial charge in [-0.2, -0.15) is 0 Å². The largest absolute Gasteiger partial charge is 0.391 e. The first-order valence-electron chi connectivity index (χ1n) is 7.03. The van der Waals surface area contributed by atoms with Crippen LogP contribution in [0, 0.1) is 5.82 Å². The van der Waals surface area contributed by atoms with Crippen molar-refractivity contribution >= 4 is 39.0 Å². The average molecular weight is 373 g/mol. The lowest BCUT2D eigenvalue weighted by Crippen LogP contribution is -2.56. The Morgan fingerprint density at radius 2 is 1.90 bits per heavy atom. The summed E-state index contributed by atoms with van der Waals surface area (Å²) in [6.45, 7) is 0. The van der Waals surface area contributed by atoms with E-state index >= 15 is 0 Å². The summed E-state index contributed by atoms with van der Waals surface area (Å²) in [5.74, 6) is -1.04. The number of thiocarbonyl (C=S) groups is 1. The standard InChI is InChI=1S/C15H18BrFN2OS/c16-10-6-5-7-11(17)12(10)13(20)19-15(14(18)21)8-3-1-2-4-9-15/h5-7H,1-4,8-9H2,(H2,18,21)(H,19,20). The van der Waals surface area contributed by atoms with Gasteiger partial charge in [0, 0.05) is 4.47 Å². The molecule has 0 unspecified atom stereocenters. The van der Waals surface area contributed by atoms with Gasteiger partial charge in [-0.3, -0.25) is 4.79 Å². The number of carbonyl (C=O) groups excluding carboxylic acids is 1. The Bertz CT molecular complexity index is 536. The molecule has 1 amide bonds. The average Bonchev–Trinajstić information content (AvgIpc) is 2.65. The third-order valence-electron chi connectivity index (χ3n) is 3.97. The maximum absolute atomic E-state index is 13.9. The maximum Gasteiger partial charge on any atom is 0.256 e. The molecule has 2 rings (SSSR count). The number of halogens is 2. The second-order valence-electron chi connectivity index (χ2n) is 5.41. The van der Waals surface area contributed by atoms with Gasteiger partial charge in [0.1, 0.15) is 5.82 Å². The molecule has 0 aromatic heterocycles. The number of carbonyl (C=O) groups is 1. The van der Waals surface area contributed by atoms with Gasteiger partial charge in [0.2, 0.25) is 0 Å². The van der Waals surface area contributed by atoms with E-state index in [1.54, 1.807) is 12.1 Å². The molecule has 0 aliphatic heterocycles. The van der Waals surface area contributed by atoms with Crippen molar-refractivity contribution in [1.82, 2.24) is 5.32 Å². The van der Waals surface area contributed by atoms with Crippen molar-refractivity contribution in [3.05, 3.63) is 34.1 Å². The van der Waals surface area contributed by atoms with Crippen LogP contribution in [-0.4, -0.2) is 16.4 Å². The maximum atomic E-state index is 13.9. The zero-order valence-corrected chi connectivity index (χ0v) is 14.0. The number of rotatable bonds is 3. The predicted octanol–water partition coefficient (Wildman–Crippen LogP) is 3.70. The fourth-order valence-corrected chi connectivity index (χ4v) is 3.54. The Kier molecular flexibility index (Phi) is 5.32. The molecule has 1 aromatic rings. The van der Waals surface area contributed by atoms with Crippen molar-refractivity contribution in [3.8, 4) is 0 Å². The fourth-order valence-electron chi connectivity index (χ4n) is 2.76. The first-order valence-corrected chi connectivity index (χ1v) is 8.23. The molecule has 0 spiro atoms. The minimum absolute atomic E-state index is 0.00243. The fraction of sp³-hybridized carbons (Fsp3) is 0.467. The first-order chi connectivity index (χ1) is 9.96. The van der Waals surface area contributed by atoms with Crippen LogP contribution in [0.1, 0.15) is 48.9 Å². The molecule has 0 atom stereocenters. The monoisotopic (exact) mass is 372 g/mol. The van der Waals surface area contributed by atoms with Crippen molar-refractivity contribution in [1.29, 1.82) is 0 Å². The van der Waals surface area contributed by atoms with Gasteiger partial charge in [-0.05, 0) is 40.9 Å². The van der Waals surface area contributed by atoms with Gasteiger partial charge in [0.15, 0.2) is 0 Å². The molecule has 1 fully saturated rings. The third-order valence-corrected chi connectivity index (χ3v) is 5.02. The zero-order chi connectivity index (χ0) is 15.5. The van der Waals surface area contributed by atoms with Crippen molar-refractivity contribution in [2.75, 3.05) is 0 Å². The molecule has 6 heteroatoms. The van der Waals surface area contributed by atoms with E-state index in [9.17, 15) is 9.18 Å². The van der Waals surface area contributed by atoms with Gasteiger partial charge in [-0.1, -0.05) is 44.0 Å². The van der Waals surface area contributed by atoms with E-state index in [1.807, 2.05) is 0 Å². The van der Waals surface area contributed by atoms with E-state index in [2.05, 4.69) is 21.2 Å². The third kappa shape index (κ3) is 3.61. The minimum atomic E-state index is -0.704. The summed E-state index contributed by atoms with van der Waals surface area (Å²) in [6.07, 6.45) is 5.53. The van der Waals surface area contributed by atoms with Crippen LogP contribution in [0.25, 0.3) is 0 Å². The molecule has 1 aliphatic carbocycles. The van der Waals surface area contributed by atoms with Crippen LogP contribution in [-0.2, 0) is 0 Å². The number of hydrogen-bond donors (Lipinski definition) is 2. The van der Waals surface area contributed by atoms with Gasteiger partial charge >= 0.3 is 0 Å². The molecular formula is C15H18BrFN2OS. The number of hydrogen-bond acceptors (Lipinski definition) is 2. The molecular weight excluding hydrogens is 355 g/mol. The van der Waals surface area contributed by atoms with Crippen molar-refractivity contribution in [2.24, 2.45) is 5.73 Å². The first kappa shape index (κ1) is 16.4. The molecule has 1 aliphatic rings. The SMILES string of the molecule is NC(=S)C1(NC(=O)c2c(F)cccc2Br)CCCCCC1. The lowest BCUT2D eigenvalue weighted by atomic mass is 9.89. The number of amides is 1. The highest BCUT2D eigenvalue weighted by Gasteiger charge is 2.36. The normalized spacial score (nSPS) is 17.8. The topological polar surface area (TPSA) is 55.1 Å². The van der Waals surface area contributed by atoms with E-state index in [1.165, 1.54) is 6.07 Å².